The Balaban J connectivity index is 1.91. The van der Waals surface area contributed by atoms with Crippen molar-refractivity contribution in [2.75, 3.05) is 7.05 Å². The van der Waals surface area contributed by atoms with Gasteiger partial charge >= 0.3 is 5.97 Å². The summed E-state index contributed by atoms with van der Waals surface area (Å²) in [5.74, 6) is -1.48. The molecule has 1 aromatic heterocycles. The Labute approximate surface area is 139 Å². The molecular weight excluding hydrogens is 310 g/mol. The van der Waals surface area contributed by atoms with Crippen LogP contribution >= 0.6 is 0 Å². The number of carbonyl (C=O) groups excluding carboxylic acids is 2. The Morgan fingerprint density at radius 1 is 1.46 bits per heavy atom. The van der Waals surface area contributed by atoms with E-state index in [0.29, 0.717) is 23.3 Å². The lowest BCUT2D eigenvalue weighted by Crippen LogP contribution is -2.57. The number of fused-ring (bicyclic) bond motifs is 1. The van der Waals surface area contributed by atoms with Crippen LogP contribution in [0.3, 0.4) is 0 Å². The molecule has 3 heterocycles. The monoisotopic (exact) mass is 329 g/mol. The standard InChI is InChI=1S/C17H19N3O4/c1-17(2)8-12-11(15(22)20(12)13(17)16(23)24)7-10-6-9(4-5-19-10)14(21)18-3/h4-7,12-13H,8H2,1-3H3,(H,18,21)(H,23,24)/b11-7+/t12?,13-/m0/s1. The van der Waals surface area contributed by atoms with E-state index < -0.39 is 17.4 Å². The summed E-state index contributed by atoms with van der Waals surface area (Å²) >= 11 is 0. The van der Waals surface area contributed by atoms with Crippen LogP contribution in [0, 0.1) is 5.41 Å². The first-order chi connectivity index (χ1) is 11.3. The molecule has 24 heavy (non-hydrogen) atoms. The first kappa shape index (κ1) is 16.2. The van der Waals surface area contributed by atoms with Gasteiger partial charge in [0.05, 0.1) is 11.7 Å². The number of aliphatic carboxylic acids is 1. The predicted octanol–water partition coefficient (Wildman–Crippen LogP) is 0.918. The van der Waals surface area contributed by atoms with E-state index in [1.165, 1.54) is 11.1 Å². The Hall–Kier alpha value is -2.70. The van der Waals surface area contributed by atoms with Gasteiger partial charge in [-0.2, -0.15) is 0 Å². The van der Waals surface area contributed by atoms with Crippen molar-refractivity contribution in [1.29, 1.82) is 0 Å². The molecule has 0 aromatic carbocycles. The van der Waals surface area contributed by atoms with E-state index in [4.69, 9.17) is 0 Å². The number of aromatic nitrogens is 1. The van der Waals surface area contributed by atoms with E-state index in [1.54, 1.807) is 25.3 Å². The van der Waals surface area contributed by atoms with Gasteiger partial charge in [-0.1, -0.05) is 13.8 Å². The van der Waals surface area contributed by atoms with Crippen LogP contribution in [-0.4, -0.2) is 51.9 Å². The number of hydrogen-bond donors (Lipinski definition) is 2. The van der Waals surface area contributed by atoms with Crippen LogP contribution in [0.2, 0.25) is 0 Å². The molecule has 2 aliphatic rings. The van der Waals surface area contributed by atoms with Crippen LogP contribution in [0.1, 0.15) is 36.3 Å². The lowest BCUT2D eigenvalue weighted by atomic mass is 9.83. The molecule has 2 aliphatic heterocycles. The summed E-state index contributed by atoms with van der Waals surface area (Å²) in [7, 11) is 1.54. The minimum Gasteiger partial charge on any atom is -0.480 e. The van der Waals surface area contributed by atoms with Gasteiger partial charge in [-0.15, -0.1) is 0 Å². The molecule has 1 aromatic rings. The fourth-order valence-corrected chi connectivity index (χ4v) is 3.59. The molecule has 2 amide bonds. The summed E-state index contributed by atoms with van der Waals surface area (Å²) in [5, 5.41) is 12.0. The summed E-state index contributed by atoms with van der Waals surface area (Å²) in [6.07, 6.45) is 3.75. The van der Waals surface area contributed by atoms with Crippen LogP contribution in [0.25, 0.3) is 6.08 Å². The highest BCUT2D eigenvalue weighted by molar-refractivity contribution is 6.08. The highest BCUT2D eigenvalue weighted by Gasteiger charge is 2.60. The quantitative estimate of drug-likeness (QED) is 0.634. The van der Waals surface area contributed by atoms with Crippen molar-refractivity contribution in [2.24, 2.45) is 5.41 Å². The minimum absolute atomic E-state index is 0.209. The second-order valence-corrected chi connectivity index (χ2v) is 6.81. The molecule has 0 bridgehead atoms. The zero-order chi connectivity index (χ0) is 17.6. The van der Waals surface area contributed by atoms with E-state index in [0.717, 1.165) is 0 Å². The number of carboxylic acid groups (broad SMARTS) is 1. The highest BCUT2D eigenvalue weighted by Crippen LogP contribution is 2.49. The lowest BCUT2D eigenvalue weighted by Gasteiger charge is -2.40. The number of amides is 2. The molecule has 3 rings (SSSR count). The molecular formula is C17H19N3O4. The zero-order valence-corrected chi connectivity index (χ0v) is 13.7. The number of nitrogens with one attached hydrogen (secondary N) is 1. The number of rotatable bonds is 3. The van der Waals surface area contributed by atoms with Gasteiger partial charge in [0.25, 0.3) is 11.8 Å². The van der Waals surface area contributed by atoms with Gasteiger partial charge in [-0.05, 0) is 30.0 Å². The van der Waals surface area contributed by atoms with Crippen molar-refractivity contribution in [2.45, 2.75) is 32.4 Å². The Morgan fingerprint density at radius 2 is 2.17 bits per heavy atom. The first-order valence-electron chi connectivity index (χ1n) is 7.71. The van der Waals surface area contributed by atoms with E-state index in [-0.39, 0.29) is 17.9 Å². The minimum atomic E-state index is -0.977. The average Bonchev–Trinajstić information content (AvgIpc) is 2.80. The summed E-state index contributed by atoms with van der Waals surface area (Å²) in [6, 6.07) is 2.18. The SMILES string of the molecule is CNC(=O)c1ccnc(/C=C2/C(=O)N3C2CC(C)(C)[C@@H]3C(=O)O)c1. The Bertz CT molecular complexity index is 769. The van der Waals surface area contributed by atoms with Crippen molar-refractivity contribution < 1.29 is 19.5 Å². The third kappa shape index (κ3) is 2.36. The van der Waals surface area contributed by atoms with Gasteiger partial charge in [0.1, 0.15) is 6.04 Å². The summed E-state index contributed by atoms with van der Waals surface area (Å²) in [6.45, 7) is 3.72. The number of carboxylic acids is 1. The third-order valence-corrected chi connectivity index (χ3v) is 4.72. The fourth-order valence-electron chi connectivity index (χ4n) is 3.59. The van der Waals surface area contributed by atoms with Crippen LogP contribution in [0.15, 0.2) is 23.9 Å². The summed E-state index contributed by atoms with van der Waals surface area (Å²) < 4.78 is 0. The summed E-state index contributed by atoms with van der Waals surface area (Å²) in [4.78, 5) is 41.2. The van der Waals surface area contributed by atoms with Gasteiger partial charge < -0.3 is 15.3 Å². The molecule has 0 aliphatic carbocycles. The molecule has 0 spiro atoms. The zero-order valence-electron chi connectivity index (χ0n) is 13.7. The topological polar surface area (TPSA) is 99.6 Å². The molecule has 2 fully saturated rings. The van der Waals surface area contributed by atoms with Gasteiger partial charge in [-0.3, -0.25) is 14.6 Å². The van der Waals surface area contributed by atoms with Crippen molar-refractivity contribution in [3.8, 4) is 0 Å². The van der Waals surface area contributed by atoms with Crippen molar-refractivity contribution in [3.05, 3.63) is 35.2 Å². The molecule has 2 atom stereocenters. The number of hydrogen-bond acceptors (Lipinski definition) is 4. The lowest BCUT2D eigenvalue weighted by molar-refractivity contribution is -0.154. The largest absolute Gasteiger partial charge is 0.480 e. The highest BCUT2D eigenvalue weighted by atomic mass is 16.4. The second kappa shape index (κ2) is 5.43. The first-order valence-corrected chi connectivity index (χ1v) is 7.71. The van der Waals surface area contributed by atoms with Gasteiger partial charge in [0, 0.05) is 24.4 Å². The van der Waals surface area contributed by atoms with Gasteiger partial charge in [-0.25, -0.2) is 4.79 Å². The molecule has 2 saturated heterocycles. The Kier molecular flexibility index (Phi) is 3.66. The maximum absolute atomic E-state index is 12.4. The average molecular weight is 329 g/mol. The second-order valence-electron chi connectivity index (χ2n) is 6.81. The van der Waals surface area contributed by atoms with Crippen molar-refractivity contribution >= 4 is 23.9 Å². The van der Waals surface area contributed by atoms with Gasteiger partial charge in [0.15, 0.2) is 0 Å². The molecule has 126 valence electrons. The maximum Gasteiger partial charge on any atom is 0.327 e. The van der Waals surface area contributed by atoms with E-state index >= 15 is 0 Å². The molecule has 0 saturated carbocycles. The molecule has 7 nitrogen and oxygen atoms in total. The van der Waals surface area contributed by atoms with Crippen molar-refractivity contribution in [3.63, 3.8) is 0 Å². The van der Waals surface area contributed by atoms with E-state index in [1.807, 2.05) is 13.8 Å². The van der Waals surface area contributed by atoms with E-state index in [9.17, 15) is 19.5 Å². The van der Waals surface area contributed by atoms with E-state index in [2.05, 4.69) is 10.3 Å². The molecule has 7 heteroatoms. The molecule has 2 N–H and O–H groups in total. The maximum atomic E-state index is 12.4. The molecule has 0 radical (unpaired) electrons. The van der Waals surface area contributed by atoms with Crippen LogP contribution in [-0.2, 0) is 9.59 Å². The number of pyridine rings is 1. The smallest absolute Gasteiger partial charge is 0.327 e. The number of nitrogens with zero attached hydrogens (tertiary/aromatic N) is 2. The summed E-state index contributed by atoms with van der Waals surface area (Å²) in [5.41, 5.74) is 1.03. The van der Waals surface area contributed by atoms with Crippen LogP contribution < -0.4 is 5.32 Å². The molecule has 1 unspecified atom stereocenters. The Morgan fingerprint density at radius 3 is 2.79 bits per heavy atom. The normalized spacial score (nSPS) is 26.0. The number of carbonyl (C=O) groups is 3. The van der Waals surface area contributed by atoms with Crippen LogP contribution in [0.4, 0.5) is 0 Å². The number of β-lactam (4-membered cyclic amide) rings is 1. The third-order valence-electron chi connectivity index (χ3n) is 4.72. The predicted molar refractivity (Wildman–Crippen MR) is 86.1 cm³/mol. The van der Waals surface area contributed by atoms with Crippen LogP contribution in [0.5, 0.6) is 0 Å². The van der Waals surface area contributed by atoms with Crippen molar-refractivity contribution in [1.82, 2.24) is 15.2 Å². The fraction of sp³-hybridized carbons (Fsp3) is 0.412. The van der Waals surface area contributed by atoms with Gasteiger partial charge in [0.2, 0.25) is 0 Å².